The maximum atomic E-state index is 10.7. The number of aryl methyl sites for hydroxylation is 2. The summed E-state index contributed by atoms with van der Waals surface area (Å²) in [4.78, 5) is 0. The van der Waals surface area contributed by atoms with Crippen molar-refractivity contribution >= 4 is 0 Å². The van der Waals surface area contributed by atoms with Crippen molar-refractivity contribution < 1.29 is 20.4 Å². The van der Waals surface area contributed by atoms with E-state index in [4.69, 9.17) is 0 Å². The summed E-state index contributed by atoms with van der Waals surface area (Å²) in [6.45, 7) is 15.9. The van der Waals surface area contributed by atoms with Crippen molar-refractivity contribution in [1.82, 2.24) is 0 Å². The van der Waals surface area contributed by atoms with E-state index in [1.54, 1.807) is 18.2 Å². The zero-order valence-corrected chi connectivity index (χ0v) is 20.3. The molecule has 4 nitrogen and oxygen atoms in total. The third-order valence-electron chi connectivity index (χ3n) is 6.00. The van der Waals surface area contributed by atoms with Crippen LogP contribution >= 0.6 is 0 Å². The number of phenols is 4. The molecule has 0 aliphatic heterocycles. The lowest BCUT2D eigenvalue weighted by Crippen LogP contribution is -2.12. The third kappa shape index (κ3) is 4.27. The third-order valence-corrected chi connectivity index (χ3v) is 6.00. The summed E-state index contributed by atoms with van der Waals surface area (Å²) in [5, 5.41) is 42.5. The zero-order chi connectivity index (χ0) is 24.2. The summed E-state index contributed by atoms with van der Waals surface area (Å²) in [6.07, 6.45) is 0. The highest BCUT2D eigenvalue weighted by Crippen LogP contribution is 2.45. The quantitative estimate of drug-likeness (QED) is 0.348. The van der Waals surface area contributed by atoms with E-state index in [1.165, 1.54) is 6.07 Å². The lowest BCUT2D eigenvalue weighted by atomic mass is 9.82. The van der Waals surface area contributed by atoms with Crippen LogP contribution in [0.5, 0.6) is 23.0 Å². The topological polar surface area (TPSA) is 80.9 Å². The molecule has 0 aliphatic carbocycles. The molecule has 32 heavy (non-hydrogen) atoms. The summed E-state index contributed by atoms with van der Waals surface area (Å²) >= 11 is 0. The smallest absolute Gasteiger partial charge is 0.127 e. The lowest BCUT2D eigenvalue weighted by molar-refractivity contribution is 0.445. The standard InChI is InChI=1S/C28H34O4/c1-15-9-25(31)21(27(3,4)5)12-17(15)19-11-20(24(30)14-23(19)29)18-13-22(28(6,7)8)26(32)10-16(18)2/h9-14,29-32H,1-8H3. The van der Waals surface area contributed by atoms with E-state index in [9.17, 15) is 20.4 Å². The molecular weight excluding hydrogens is 400 g/mol. The Labute approximate surface area is 190 Å². The molecule has 0 fully saturated rings. The fourth-order valence-electron chi connectivity index (χ4n) is 4.18. The Balaban J connectivity index is 2.31. The van der Waals surface area contributed by atoms with Crippen LogP contribution in [0.1, 0.15) is 63.8 Å². The average molecular weight is 435 g/mol. The van der Waals surface area contributed by atoms with Gasteiger partial charge in [0.25, 0.3) is 0 Å². The van der Waals surface area contributed by atoms with Crippen LogP contribution in [0.4, 0.5) is 0 Å². The Kier molecular flexibility index (Phi) is 5.71. The SMILES string of the molecule is Cc1cc(O)c(C(C)(C)C)cc1-c1cc(-c2cc(C(C)(C)C)c(O)cc2C)c(O)cc1O. The summed E-state index contributed by atoms with van der Waals surface area (Å²) in [5.41, 5.74) is 5.37. The van der Waals surface area contributed by atoms with Gasteiger partial charge in [0.05, 0.1) is 0 Å². The average Bonchev–Trinajstić information content (AvgIpc) is 2.61. The largest absolute Gasteiger partial charge is 0.508 e. The molecule has 3 aromatic rings. The minimum atomic E-state index is -0.281. The van der Waals surface area contributed by atoms with E-state index in [-0.39, 0.29) is 33.8 Å². The van der Waals surface area contributed by atoms with Crippen molar-refractivity contribution in [3.63, 3.8) is 0 Å². The fourth-order valence-corrected chi connectivity index (χ4v) is 4.18. The molecule has 0 saturated carbocycles. The summed E-state index contributed by atoms with van der Waals surface area (Å²) in [5.74, 6) is 0.377. The van der Waals surface area contributed by atoms with Crippen molar-refractivity contribution in [3.8, 4) is 45.3 Å². The highest BCUT2D eigenvalue weighted by Gasteiger charge is 2.24. The Morgan fingerprint density at radius 2 is 0.781 bits per heavy atom. The fraction of sp³-hybridized carbons (Fsp3) is 0.357. The molecule has 4 N–H and O–H groups in total. The number of phenolic OH excluding ortho intramolecular Hbond substituents is 4. The van der Waals surface area contributed by atoms with Crippen LogP contribution in [0.3, 0.4) is 0 Å². The molecule has 0 spiro atoms. The van der Waals surface area contributed by atoms with Crippen molar-refractivity contribution in [2.24, 2.45) is 0 Å². The molecule has 0 radical (unpaired) electrons. The van der Waals surface area contributed by atoms with Gasteiger partial charge in [0.2, 0.25) is 0 Å². The maximum absolute atomic E-state index is 10.7. The van der Waals surface area contributed by atoms with Crippen LogP contribution in [0.25, 0.3) is 22.3 Å². The number of hydrogen-bond acceptors (Lipinski definition) is 4. The van der Waals surface area contributed by atoms with Gasteiger partial charge in [0, 0.05) is 17.2 Å². The number of rotatable bonds is 2. The molecule has 3 aromatic carbocycles. The molecule has 0 saturated heterocycles. The van der Waals surface area contributed by atoms with Crippen LogP contribution in [-0.2, 0) is 10.8 Å². The lowest BCUT2D eigenvalue weighted by Gasteiger charge is -2.24. The zero-order valence-electron chi connectivity index (χ0n) is 20.3. The second kappa shape index (κ2) is 7.77. The highest BCUT2D eigenvalue weighted by atomic mass is 16.3. The van der Waals surface area contributed by atoms with Crippen LogP contribution in [0.15, 0.2) is 36.4 Å². The summed E-state index contributed by atoms with van der Waals surface area (Å²) in [6, 6.07) is 10.4. The van der Waals surface area contributed by atoms with Crippen molar-refractivity contribution in [1.29, 1.82) is 0 Å². The molecule has 4 heteroatoms. The van der Waals surface area contributed by atoms with E-state index in [1.807, 2.05) is 67.5 Å². The summed E-state index contributed by atoms with van der Waals surface area (Å²) in [7, 11) is 0. The maximum Gasteiger partial charge on any atom is 0.127 e. The first-order chi connectivity index (χ1) is 14.6. The number of benzene rings is 3. The predicted molar refractivity (Wildman–Crippen MR) is 131 cm³/mol. The van der Waals surface area contributed by atoms with Gasteiger partial charge in [-0.15, -0.1) is 0 Å². The first kappa shape index (κ1) is 23.5. The molecule has 0 amide bonds. The minimum Gasteiger partial charge on any atom is -0.508 e. The van der Waals surface area contributed by atoms with Crippen molar-refractivity contribution in [2.45, 2.75) is 66.2 Å². The van der Waals surface area contributed by atoms with Gasteiger partial charge in [-0.2, -0.15) is 0 Å². The first-order valence-electron chi connectivity index (χ1n) is 10.9. The normalized spacial score (nSPS) is 12.2. The van der Waals surface area contributed by atoms with Crippen LogP contribution < -0.4 is 0 Å². The second-order valence-electron chi connectivity index (χ2n) is 10.8. The molecular formula is C28H34O4. The van der Waals surface area contributed by atoms with Gasteiger partial charge in [0.1, 0.15) is 23.0 Å². The van der Waals surface area contributed by atoms with E-state index < -0.39 is 0 Å². The van der Waals surface area contributed by atoms with E-state index in [2.05, 4.69) is 0 Å². The van der Waals surface area contributed by atoms with E-state index in [0.717, 1.165) is 33.4 Å². The van der Waals surface area contributed by atoms with Crippen LogP contribution in [-0.4, -0.2) is 20.4 Å². The molecule has 0 aliphatic rings. The Bertz CT molecular complexity index is 1100. The first-order valence-corrected chi connectivity index (χ1v) is 10.9. The van der Waals surface area contributed by atoms with Crippen LogP contribution in [0.2, 0.25) is 0 Å². The van der Waals surface area contributed by atoms with Gasteiger partial charge in [-0.1, -0.05) is 41.5 Å². The Hall–Kier alpha value is -3.14. The molecule has 0 aromatic heterocycles. The number of aromatic hydroxyl groups is 4. The Morgan fingerprint density at radius 3 is 1.09 bits per heavy atom. The molecule has 0 unspecified atom stereocenters. The molecule has 0 bridgehead atoms. The van der Waals surface area contributed by atoms with Gasteiger partial charge in [-0.25, -0.2) is 0 Å². The molecule has 170 valence electrons. The minimum absolute atomic E-state index is 0.0348. The van der Waals surface area contributed by atoms with Crippen LogP contribution in [0, 0.1) is 13.8 Å². The van der Waals surface area contributed by atoms with Gasteiger partial charge in [0.15, 0.2) is 0 Å². The van der Waals surface area contributed by atoms with Gasteiger partial charge >= 0.3 is 0 Å². The van der Waals surface area contributed by atoms with Crippen molar-refractivity contribution in [2.75, 3.05) is 0 Å². The predicted octanol–water partition coefficient (Wildman–Crippen LogP) is 7.05. The Morgan fingerprint density at radius 1 is 0.438 bits per heavy atom. The van der Waals surface area contributed by atoms with Crippen molar-refractivity contribution in [3.05, 3.63) is 58.7 Å². The summed E-state index contributed by atoms with van der Waals surface area (Å²) < 4.78 is 0. The molecule has 0 heterocycles. The molecule has 3 rings (SSSR count). The van der Waals surface area contributed by atoms with E-state index >= 15 is 0 Å². The van der Waals surface area contributed by atoms with E-state index in [0.29, 0.717) is 11.1 Å². The number of hydrogen-bond donors (Lipinski definition) is 4. The van der Waals surface area contributed by atoms with Gasteiger partial charge in [-0.05, 0) is 88.4 Å². The molecule has 0 atom stereocenters. The van der Waals surface area contributed by atoms with Gasteiger partial charge < -0.3 is 20.4 Å². The monoisotopic (exact) mass is 434 g/mol. The van der Waals surface area contributed by atoms with Gasteiger partial charge in [-0.3, -0.25) is 0 Å². The highest BCUT2D eigenvalue weighted by molar-refractivity contribution is 5.85. The second-order valence-corrected chi connectivity index (χ2v) is 10.8.